The van der Waals surface area contributed by atoms with Gasteiger partial charge >= 0.3 is 0 Å². The Labute approximate surface area is 48.5 Å². The quantitative estimate of drug-likeness (QED) is 0.545. The summed E-state index contributed by atoms with van der Waals surface area (Å²) < 4.78 is 0. The molecule has 41 valence electrons. The molecule has 0 spiro atoms. The summed E-state index contributed by atoms with van der Waals surface area (Å²) in [5, 5.41) is 0.184. The molecule has 1 radical (unpaired) electrons. The van der Waals surface area contributed by atoms with Gasteiger partial charge in [0.05, 0.1) is 0 Å². The molecule has 0 heterocycles. The predicted molar refractivity (Wildman–Crippen MR) is 33.1 cm³/mol. The zero-order chi connectivity index (χ0) is 5.70. The average Bonchev–Trinajstić information content (AvgIpc) is 1.61. The molecule has 0 bridgehead atoms. The Balaban J connectivity index is 2.82. The van der Waals surface area contributed by atoms with Crippen molar-refractivity contribution in [3.63, 3.8) is 0 Å². The lowest BCUT2D eigenvalue weighted by Crippen LogP contribution is -1.82. The number of rotatable bonds is 2. The van der Waals surface area contributed by atoms with Crippen molar-refractivity contribution >= 4 is 16.9 Å². The minimum Gasteiger partial charge on any atom is -0.288 e. The third-order valence-electron chi connectivity index (χ3n) is 0.450. The zero-order valence-corrected chi connectivity index (χ0v) is 5.25. The van der Waals surface area contributed by atoms with Gasteiger partial charge in [0, 0.05) is 12.7 Å². The van der Waals surface area contributed by atoms with Crippen LogP contribution >= 0.6 is 11.8 Å². The summed E-state index contributed by atoms with van der Waals surface area (Å²) in [7, 11) is 0. The fourth-order valence-corrected chi connectivity index (χ4v) is 0.648. The Bertz CT molecular complexity index is 61.1. The molecule has 2 heteroatoms. The van der Waals surface area contributed by atoms with Crippen molar-refractivity contribution in [2.45, 2.75) is 13.3 Å². The molecular formula is C5H9OS. The van der Waals surface area contributed by atoms with Crippen molar-refractivity contribution in [2.24, 2.45) is 0 Å². The lowest BCUT2D eigenvalue weighted by Gasteiger charge is -1.86. The lowest BCUT2D eigenvalue weighted by molar-refractivity contribution is -0.109. The molecule has 0 saturated carbocycles. The first-order valence-corrected chi connectivity index (χ1v) is 3.18. The monoisotopic (exact) mass is 117 g/mol. The molecule has 0 saturated heterocycles. The number of carbonyl (C=O) groups is 1. The number of thioether (sulfide) groups is 1. The summed E-state index contributed by atoms with van der Waals surface area (Å²) in [4.78, 5) is 10.1. The predicted octanol–water partition coefficient (Wildman–Crippen LogP) is 1.49. The largest absolute Gasteiger partial charge is 0.288 e. The van der Waals surface area contributed by atoms with E-state index in [1.165, 1.54) is 11.8 Å². The second kappa shape index (κ2) is 4.19. The molecule has 0 amide bonds. The van der Waals surface area contributed by atoms with E-state index in [2.05, 4.69) is 6.92 Å². The first-order valence-electron chi connectivity index (χ1n) is 2.20. The van der Waals surface area contributed by atoms with Gasteiger partial charge in [0.15, 0.2) is 5.12 Å². The van der Waals surface area contributed by atoms with Crippen LogP contribution in [0.2, 0.25) is 0 Å². The third-order valence-corrected chi connectivity index (χ3v) is 1.35. The molecule has 0 aliphatic carbocycles. The second-order valence-electron chi connectivity index (χ2n) is 1.19. The van der Waals surface area contributed by atoms with Crippen LogP contribution in [-0.4, -0.2) is 10.9 Å². The van der Waals surface area contributed by atoms with Crippen molar-refractivity contribution in [1.29, 1.82) is 0 Å². The van der Waals surface area contributed by atoms with E-state index in [0.29, 0.717) is 0 Å². The topological polar surface area (TPSA) is 17.1 Å². The average molecular weight is 117 g/mol. The van der Waals surface area contributed by atoms with Crippen LogP contribution in [0.4, 0.5) is 0 Å². The van der Waals surface area contributed by atoms with E-state index in [1.54, 1.807) is 6.92 Å². The van der Waals surface area contributed by atoms with Crippen LogP contribution in [0, 0.1) is 6.92 Å². The summed E-state index contributed by atoms with van der Waals surface area (Å²) in [6.45, 7) is 5.15. The molecule has 0 aromatic rings. The fourth-order valence-electron chi connectivity index (χ4n) is 0.216. The van der Waals surface area contributed by atoms with Gasteiger partial charge in [-0.2, -0.15) is 0 Å². The standard InChI is InChI=1S/C5H9OS/c1-3-4-7-5(2)6/h1,3-4H2,2H3. The number of carbonyl (C=O) groups excluding carboxylic acids is 1. The van der Waals surface area contributed by atoms with Gasteiger partial charge in [0.25, 0.3) is 0 Å². The van der Waals surface area contributed by atoms with Crippen molar-refractivity contribution in [3.8, 4) is 0 Å². The van der Waals surface area contributed by atoms with Crippen molar-refractivity contribution in [3.05, 3.63) is 6.92 Å². The van der Waals surface area contributed by atoms with Crippen molar-refractivity contribution < 1.29 is 4.79 Å². The van der Waals surface area contributed by atoms with E-state index in [0.717, 1.165) is 12.2 Å². The highest BCUT2D eigenvalue weighted by Gasteiger charge is 1.87. The summed E-state index contributed by atoms with van der Waals surface area (Å²) in [5.41, 5.74) is 0. The molecule has 0 aliphatic rings. The molecule has 0 N–H and O–H groups in total. The molecule has 7 heavy (non-hydrogen) atoms. The molecular weight excluding hydrogens is 108 g/mol. The summed E-state index contributed by atoms with van der Waals surface area (Å²) >= 11 is 1.33. The number of hydrogen-bond acceptors (Lipinski definition) is 2. The first-order chi connectivity index (χ1) is 3.27. The van der Waals surface area contributed by atoms with Crippen molar-refractivity contribution in [1.82, 2.24) is 0 Å². The molecule has 0 fully saturated rings. The van der Waals surface area contributed by atoms with Crippen molar-refractivity contribution in [2.75, 3.05) is 5.75 Å². The Morgan fingerprint density at radius 1 is 1.86 bits per heavy atom. The van der Waals surface area contributed by atoms with Crippen LogP contribution in [-0.2, 0) is 4.79 Å². The summed E-state index contributed by atoms with van der Waals surface area (Å²) in [5.74, 6) is 0.856. The SMILES string of the molecule is [CH2]CCSC(C)=O. The lowest BCUT2D eigenvalue weighted by atomic mass is 10.6. The Morgan fingerprint density at radius 2 is 2.43 bits per heavy atom. The van der Waals surface area contributed by atoms with Gasteiger partial charge in [-0.25, -0.2) is 0 Å². The molecule has 1 nitrogen and oxygen atoms in total. The smallest absolute Gasteiger partial charge is 0.185 e. The highest BCUT2D eigenvalue weighted by atomic mass is 32.2. The van der Waals surface area contributed by atoms with Crippen LogP contribution < -0.4 is 0 Å². The molecule has 0 atom stereocenters. The van der Waals surface area contributed by atoms with Gasteiger partial charge in [0.1, 0.15) is 0 Å². The highest BCUT2D eigenvalue weighted by molar-refractivity contribution is 8.13. The zero-order valence-electron chi connectivity index (χ0n) is 4.44. The Kier molecular flexibility index (Phi) is 4.20. The third kappa shape index (κ3) is 6.02. The molecule has 0 aromatic heterocycles. The molecule has 0 unspecified atom stereocenters. The Hall–Kier alpha value is 0.0200. The second-order valence-corrected chi connectivity index (χ2v) is 2.47. The van der Waals surface area contributed by atoms with Gasteiger partial charge in [-0.1, -0.05) is 18.7 Å². The molecule has 0 aliphatic heterocycles. The number of hydrogen-bond donors (Lipinski definition) is 0. The van der Waals surface area contributed by atoms with E-state index >= 15 is 0 Å². The van der Waals surface area contributed by atoms with E-state index in [1.807, 2.05) is 0 Å². The van der Waals surface area contributed by atoms with E-state index < -0.39 is 0 Å². The van der Waals surface area contributed by atoms with Crippen LogP contribution in [0.5, 0.6) is 0 Å². The fraction of sp³-hybridized carbons (Fsp3) is 0.600. The van der Waals surface area contributed by atoms with Crippen LogP contribution in [0.25, 0.3) is 0 Å². The minimum atomic E-state index is 0.184. The molecule has 0 aromatic carbocycles. The van der Waals surface area contributed by atoms with Gasteiger partial charge in [-0.3, -0.25) is 4.79 Å². The van der Waals surface area contributed by atoms with Crippen LogP contribution in [0.1, 0.15) is 13.3 Å². The van der Waals surface area contributed by atoms with Gasteiger partial charge < -0.3 is 0 Å². The van der Waals surface area contributed by atoms with E-state index in [9.17, 15) is 4.79 Å². The van der Waals surface area contributed by atoms with E-state index in [-0.39, 0.29) is 5.12 Å². The van der Waals surface area contributed by atoms with Gasteiger partial charge in [0.2, 0.25) is 0 Å². The van der Waals surface area contributed by atoms with E-state index in [4.69, 9.17) is 0 Å². The maximum Gasteiger partial charge on any atom is 0.185 e. The van der Waals surface area contributed by atoms with Crippen LogP contribution in [0.15, 0.2) is 0 Å². The summed E-state index contributed by atoms with van der Waals surface area (Å²) in [6.07, 6.45) is 0.838. The van der Waals surface area contributed by atoms with Gasteiger partial charge in [-0.05, 0) is 6.42 Å². The maximum absolute atomic E-state index is 10.1. The molecule has 0 rings (SSSR count). The van der Waals surface area contributed by atoms with Gasteiger partial charge in [-0.15, -0.1) is 0 Å². The summed E-state index contributed by atoms with van der Waals surface area (Å²) in [6, 6.07) is 0. The highest BCUT2D eigenvalue weighted by Crippen LogP contribution is 2.00. The normalized spacial score (nSPS) is 8.86. The minimum absolute atomic E-state index is 0.184. The maximum atomic E-state index is 10.1. The Morgan fingerprint density at radius 3 is 2.57 bits per heavy atom. The van der Waals surface area contributed by atoms with Crippen LogP contribution in [0.3, 0.4) is 0 Å². The first kappa shape index (κ1) is 7.02.